The first kappa shape index (κ1) is 10.4. The normalized spacial score (nSPS) is 9.79. The maximum Gasteiger partial charge on any atom is 0.315 e. The minimum absolute atomic E-state index is 0.407. The van der Waals surface area contributed by atoms with Gasteiger partial charge >= 0.3 is 6.03 Å². The fraction of sp³-hybridized carbons (Fsp3) is 0.300. The lowest BCUT2D eigenvalue weighted by atomic mass is 10.2. The van der Waals surface area contributed by atoms with Gasteiger partial charge in [-0.15, -0.1) is 0 Å². The Balaban J connectivity index is 2.72. The average molecular weight is 193 g/mol. The lowest BCUT2D eigenvalue weighted by Gasteiger charge is -2.18. The summed E-state index contributed by atoms with van der Waals surface area (Å²) in [4.78, 5) is 12.5. The molecule has 4 N–H and O–H groups in total. The molecule has 0 aliphatic rings. The number of carbonyl (C=O) groups is 1. The summed E-state index contributed by atoms with van der Waals surface area (Å²) in [6, 6.07) is 7.02. The van der Waals surface area contributed by atoms with Gasteiger partial charge in [-0.1, -0.05) is 12.1 Å². The molecule has 0 bridgehead atoms. The molecule has 1 aromatic rings. The number of nitrogen functional groups attached to an aromatic ring is 1. The van der Waals surface area contributed by atoms with E-state index in [-0.39, 0.29) is 0 Å². The van der Waals surface area contributed by atoms with Crippen LogP contribution < -0.4 is 11.5 Å². The van der Waals surface area contributed by atoms with E-state index in [1.54, 1.807) is 4.90 Å². The van der Waals surface area contributed by atoms with Gasteiger partial charge in [0.05, 0.1) is 0 Å². The molecule has 0 unspecified atom stereocenters. The van der Waals surface area contributed by atoms with Crippen LogP contribution in [0.2, 0.25) is 0 Å². The van der Waals surface area contributed by atoms with Crippen molar-refractivity contribution in [1.82, 2.24) is 4.90 Å². The molecule has 0 fully saturated rings. The van der Waals surface area contributed by atoms with Crippen LogP contribution in [0.5, 0.6) is 0 Å². The van der Waals surface area contributed by atoms with Crippen molar-refractivity contribution in [1.29, 1.82) is 0 Å². The second kappa shape index (κ2) is 4.50. The molecular weight excluding hydrogens is 178 g/mol. The lowest BCUT2D eigenvalue weighted by Crippen LogP contribution is -2.34. The number of anilines is 1. The predicted octanol–water partition coefficient (Wildman–Crippen LogP) is 1.17. The smallest absolute Gasteiger partial charge is 0.315 e. The summed E-state index contributed by atoms with van der Waals surface area (Å²) in [7, 11) is 0. The monoisotopic (exact) mass is 193 g/mol. The van der Waals surface area contributed by atoms with Crippen molar-refractivity contribution in [2.24, 2.45) is 5.73 Å². The highest BCUT2D eigenvalue weighted by Crippen LogP contribution is 2.09. The minimum atomic E-state index is -0.407. The van der Waals surface area contributed by atoms with Gasteiger partial charge < -0.3 is 16.4 Å². The number of benzene rings is 1. The average Bonchev–Trinajstić information content (AvgIpc) is 2.14. The SMILES string of the molecule is CCN(Cc1cccc(N)c1)C(N)=O. The second-order valence-electron chi connectivity index (χ2n) is 3.10. The number of nitrogens with two attached hydrogens (primary N) is 2. The van der Waals surface area contributed by atoms with Gasteiger partial charge in [-0.2, -0.15) is 0 Å². The van der Waals surface area contributed by atoms with E-state index in [1.807, 2.05) is 31.2 Å². The van der Waals surface area contributed by atoms with Crippen molar-refractivity contribution in [2.75, 3.05) is 12.3 Å². The summed E-state index contributed by atoms with van der Waals surface area (Å²) in [6.07, 6.45) is 0. The van der Waals surface area contributed by atoms with Crippen LogP contribution in [-0.4, -0.2) is 17.5 Å². The molecule has 1 aromatic carbocycles. The van der Waals surface area contributed by atoms with E-state index < -0.39 is 6.03 Å². The number of rotatable bonds is 3. The third-order valence-corrected chi connectivity index (χ3v) is 2.02. The largest absolute Gasteiger partial charge is 0.399 e. The quantitative estimate of drug-likeness (QED) is 0.707. The van der Waals surface area contributed by atoms with Gasteiger partial charge in [0, 0.05) is 18.8 Å². The Morgan fingerprint density at radius 3 is 2.71 bits per heavy atom. The molecular formula is C10H15N3O. The fourth-order valence-electron chi connectivity index (χ4n) is 1.26. The molecule has 4 nitrogen and oxygen atoms in total. The van der Waals surface area contributed by atoms with E-state index in [4.69, 9.17) is 11.5 Å². The second-order valence-corrected chi connectivity index (χ2v) is 3.10. The molecule has 0 atom stereocenters. The zero-order valence-electron chi connectivity index (χ0n) is 8.23. The number of urea groups is 1. The molecule has 0 saturated carbocycles. The molecule has 4 heteroatoms. The van der Waals surface area contributed by atoms with Gasteiger partial charge in [-0.05, 0) is 24.6 Å². The van der Waals surface area contributed by atoms with Crippen molar-refractivity contribution in [3.8, 4) is 0 Å². The van der Waals surface area contributed by atoms with Crippen LogP contribution in [0.4, 0.5) is 10.5 Å². The molecule has 0 spiro atoms. The van der Waals surface area contributed by atoms with E-state index >= 15 is 0 Å². The number of hydrogen-bond acceptors (Lipinski definition) is 2. The van der Waals surface area contributed by atoms with Gasteiger partial charge in [0.15, 0.2) is 0 Å². The lowest BCUT2D eigenvalue weighted by molar-refractivity contribution is 0.208. The number of amides is 2. The molecule has 14 heavy (non-hydrogen) atoms. The van der Waals surface area contributed by atoms with Crippen molar-refractivity contribution in [2.45, 2.75) is 13.5 Å². The fourth-order valence-corrected chi connectivity index (χ4v) is 1.26. The Morgan fingerprint density at radius 2 is 2.21 bits per heavy atom. The zero-order chi connectivity index (χ0) is 10.6. The highest BCUT2D eigenvalue weighted by molar-refractivity contribution is 5.72. The number of primary amides is 1. The molecule has 0 radical (unpaired) electrons. The van der Waals surface area contributed by atoms with Crippen molar-refractivity contribution in [3.05, 3.63) is 29.8 Å². The van der Waals surface area contributed by atoms with E-state index in [1.165, 1.54) is 0 Å². The Hall–Kier alpha value is -1.71. The van der Waals surface area contributed by atoms with Crippen molar-refractivity contribution >= 4 is 11.7 Å². The van der Waals surface area contributed by atoms with E-state index in [0.29, 0.717) is 18.8 Å². The van der Waals surface area contributed by atoms with Gasteiger partial charge in [0.1, 0.15) is 0 Å². The van der Waals surface area contributed by atoms with Crippen LogP contribution in [-0.2, 0) is 6.54 Å². The molecule has 0 heterocycles. The van der Waals surface area contributed by atoms with E-state index in [0.717, 1.165) is 5.56 Å². The van der Waals surface area contributed by atoms with Crippen LogP contribution in [0.1, 0.15) is 12.5 Å². The number of hydrogen-bond donors (Lipinski definition) is 2. The highest BCUT2D eigenvalue weighted by Gasteiger charge is 2.07. The van der Waals surface area contributed by atoms with Crippen LogP contribution in [0.25, 0.3) is 0 Å². The van der Waals surface area contributed by atoms with E-state index in [9.17, 15) is 4.79 Å². The zero-order valence-corrected chi connectivity index (χ0v) is 8.23. The molecule has 0 aromatic heterocycles. The highest BCUT2D eigenvalue weighted by atomic mass is 16.2. The first-order valence-electron chi connectivity index (χ1n) is 4.52. The summed E-state index contributed by atoms with van der Waals surface area (Å²) in [5.74, 6) is 0. The number of nitrogens with zero attached hydrogens (tertiary/aromatic N) is 1. The van der Waals surface area contributed by atoms with Gasteiger partial charge in [-0.3, -0.25) is 0 Å². The van der Waals surface area contributed by atoms with Crippen LogP contribution >= 0.6 is 0 Å². The molecule has 0 aliphatic carbocycles. The summed E-state index contributed by atoms with van der Waals surface area (Å²) >= 11 is 0. The Kier molecular flexibility index (Phi) is 3.34. The molecule has 0 aliphatic heterocycles. The van der Waals surface area contributed by atoms with Gasteiger partial charge in [0.25, 0.3) is 0 Å². The first-order chi connectivity index (χ1) is 6.63. The summed E-state index contributed by atoms with van der Waals surface area (Å²) in [6.45, 7) is 3.00. The Labute approximate surface area is 83.5 Å². The summed E-state index contributed by atoms with van der Waals surface area (Å²) < 4.78 is 0. The topological polar surface area (TPSA) is 72.3 Å². The van der Waals surface area contributed by atoms with Gasteiger partial charge in [0.2, 0.25) is 0 Å². The first-order valence-corrected chi connectivity index (χ1v) is 4.52. The maximum atomic E-state index is 10.9. The third kappa shape index (κ3) is 2.65. The van der Waals surface area contributed by atoms with Crippen LogP contribution in [0, 0.1) is 0 Å². The molecule has 76 valence electrons. The Morgan fingerprint density at radius 1 is 1.50 bits per heavy atom. The molecule has 0 saturated heterocycles. The molecule has 1 rings (SSSR count). The van der Waals surface area contributed by atoms with Crippen LogP contribution in [0.15, 0.2) is 24.3 Å². The van der Waals surface area contributed by atoms with Crippen LogP contribution in [0.3, 0.4) is 0 Å². The Bertz CT molecular complexity index is 325. The standard InChI is InChI=1S/C10H15N3O/c1-2-13(10(12)14)7-8-4-3-5-9(11)6-8/h3-6H,2,7,11H2,1H3,(H2,12,14). The summed E-state index contributed by atoms with van der Waals surface area (Å²) in [5.41, 5.74) is 12.5. The molecule has 2 amide bonds. The van der Waals surface area contributed by atoms with E-state index in [2.05, 4.69) is 0 Å². The van der Waals surface area contributed by atoms with Crippen molar-refractivity contribution < 1.29 is 4.79 Å². The predicted molar refractivity (Wildman–Crippen MR) is 56.5 cm³/mol. The minimum Gasteiger partial charge on any atom is -0.399 e. The summed E-state index contributed by atoms with van der Waals surface area (Å²) in [5, 5.41) is 0. The maximum absolute atomic E-state index is 10.9. The third-order valence-electron chi connectivity index (χ3n) is 2.02. The number of carbonyl (C=O) groups excluding carboxylic acids is 1. The van der Waals surface area contributed by atoms with Crippen molar-refractivity contribution in [3.63, 3.8) is 0 Å². The van der Waals surface area contributed by atoms with Gasteiger partial charge in [-0.25, -0.2) is 4.79 Å².